The standard InChI is InChI=1S/C20H20F3NO5S2/c1-3-13-9-14(17(27)11-5-7-12(8-6-11)29-20(21,22)23)19(31-13)24-18(28)15(4-2)30-10-16(25)26/h5-9,15H,3-4,10H2,1-2H3,(H,24,28)(H,25,26). The molecule has 0 bridgehead atoms. The molecule has 0 fully saturated rings. The number of carboxylic acid groups (broad SMARTS) is 1. The van der Waals surface area contributed by atoms with Crippen molar-refractivity contribution in [2.24, 2.45) is 0 Å². The van der Waals surface area contributed by atoms with Gasteiger partial charge < -0.3 is 15.2 Å². The van der Waals surface area contributed by atoms with E-state index < -0.39 is 35.0 Å². The first-order valence-electron chi connectivity index (χ1n) is 9.21. The molecule has 11 heteroatoms. The summed E-state index contributed by atoms with van der Waals surface area (Å²) in [5, 5.41) is 11.2. The minimum absolute atomic E-state index is 0.137. The highest BCUT2D eigenvalue weighted by Gasteiger charge is 2.31. The monoisotopic (exact) mass is 475 g/mol. The van der Waals surface area contributed by atoms with Crippen LogP contribution < -0.4 is 10.1 Å². The van der Waals surface area contributed by atoms with Gasteiger partial charge in [0, 0.05) is 10.4 Å². The summed E-state index contributed by atoms with van der Waals surface area (Å²) in [5.41, 5.74) is 0.357. The summed E-state index contributed by atoms with van der Waals surface area (Å²) >= 11 is 2.21. The van der Waals surface area contributed by atoms with E-state index in [2.05, 4.69) is 10.1 Å². The summed E-state index contributed by atoms with van der Waals surface area (Å²) in [5.74, 6) is -2.58. The number of benzene rings is 1. The molecule has 0 saturated heterocycles. The van der Waals surface area contributed by atoms with Crippen molar-refractivity contribution < 1.29 is 37.4 Å². The lowest BCUT2D eigenvalue weighted by molar-refractivity contribution is -0.274. The zero-order chi connectivity index (χ0) is 23.2. The Hall–Kier alpha value is -2.53. The Morgan fingerprint density at radius 2 is 1.84 bits per heavy atom. The van der Waals surface area contributed by atoms with Crippen LogP contribution in [0.1, 0.15) is 41.1 Å². The molecule has 2 aromatic rings. The number of hydrogen-bond acceptors (Lipinski definition) is 6. The van der Waals surface area contributed by atoms with Crippen molar-refractivity contribution in [3.05, 3.63) is 46.3 Å². The van der Waals surface area contributed by atoms with Gasteiger partial charge in [0.2, 0.25) is 5.91 Å². The Morgan fingerprint density at radius 3 is 2.35 bits per heavy atom. The number of rotatable bonds is 10. The molecular weight excluding hydrogens is 455 g/mol. The topological polar surface area (TPSA) is 92.7 Å². The van der Waals surface area contributed by atoms with E-state index in [4.69, 9.17) is 5.11 Å². The normalized spacial score (nSPS) is 12.3. The van der Waals surface area contributed by atoms with Crippen LogP contribution in [0, 0.1) is 0 Å². The molecule has 1 unspecified atom stereocenters. The number of alkyl halides is 3. The van der Waals surface area contributed by atoms with Crippen LogP contribution >= 0.6 is 23.1 Å². The summed E-state index contributed by atoms with van der Waals surface area (Å²) in [4.78, 5) is 37.1. The molecule has 0 saturated carbocycles. The van der Waals surface area contributed by atoms with Crippen LogP contribution in [-0.4, -0.2) is 40.1 Å². The van der Waals surface area contributed by atoms with Crippen molar-refractivity contribution in [2.75, 3.05) is 11.1 Å². The molecule has 1 amide bonds. The predicted molar refractivity (Wildman–Crippen MR) is 113 cm³/mol. The minimum atomic E-state index is -4.83. The number of anilines is 1. The number of aliphatic carboxylic acids is 1. The quantitative estimate of drug-likeness (QED) is 0.471. The zero-order valence-corrected chi connectivity index (χ0v) is 18.2. The summed E-state index contributed by atoms with van der Waals surface area (Å²) in [6.07, 6.45) is -3.81. The highest BCUT2D eigenvalue weighted by molar-refractivity contribution is 8.01. The maximum absolute atomic E-state index is 12.9. The fourth-order valence-corrected chi connectivity index (χ4v) is 4.37. The number of thiophene rings is 1. The Morgan fingerprint density at radius 1 is 1.19 bits per heavy atom. The lowest BCUT2D eigenvalue weighted by Gasteiger charge is -2.14. The van der Waals surface area contributed by atoms with Gasteiger partial charge in [0.05, 0.1) is 16.6 Å². The first-order chi connectivity index (χ1) is 14.5. The highest BCUT2D eigenvalue weighted by Crippen LogP contribution is 2.32. The van der Waals surface area contributed by atoms with E-state index in [1.165, 1.54) is 23.5 Å². The maximum atomic E-state index is 12.9. The van der Waals surface area contributed by atoms with Crippen molar-refractivity contribution in [1.82, 2.24) is 0 Å². The summed E-state index contributed by atoms with van der Waals surface area (Å²) < 4.78 is 40.7. The number of ether oxygens (including phenoxy) is 1. The van der Waals surface area contributed by atoms with Crippen molar-refractivity contribution in [3.63, 3.8) is 0 Å². The fraction of sp³-hybridized carbons (Fsp3) is 0.350. The van der Waals surface area contributed by atoms with Crippen LogP contribution in [0.15, 0.2) is 30.3 Å². The van der Waals surface area contributed by atoms with Crippen LogP contribution in [0.2, 0.25) is 0 Å². The third-order valence-corrected chi connectivity index (χ3v) is 6.59. The maximum Gasteiger partial charge on any atom is 0.573 e. The van der Waals surface area contributed by atoms with E-state index in [1.54, 1.807) is 13.0 Å². The number of carbonyl (C=O) groups excluding carboxylic acids is 2. The van der Waals surface area contributed by atoms with E-state index >= 15 is 0 Å². The molecule has 0 radical (unpaired) electrons. The van der Waals surface area contributed by atoms with E-state index in [0.29, 0.717) is 17.8 Å². The number of carboxylic acids is 1. The molecule has 2 rings (SSSR count). The van der Waals surface area contributed by atoms with Gasteiger partial charge in [-0.1, -0.05) is 13.8 Å². The molecule has 6 nitrogen and oxygen atoms in total. The molecule has 0 spiro atoms. The Labute approximate surface area is 184 Å². The van der Waals surface area contributed by atoms with Crippen LogP contribution in [0.4, 0.5) is 18.2 Å². The van der Waals surface area contributed by atoms with Gasteiger partial charge in [0.1, 0.15) is 10.8 Å². The third kappa shape index (κ3) is 7.28. The van der Waals surface area contributed by atoms with Gasteiger partial charge >= 0.3 is 12.3 Å². The first kappa shape index (κ1) is 24.7. The van der Waals surface area contributed by atoms with Crippen molar-refractivity contribution in [3.8, 4) is 5.75 Å². The van der Waals surface area contributed by atoms with Gasteiger partial charge in [0.15, 0.2) is 5.78 Å². The van der Waals surface area contributed by atoms with Crippen LogP contribution in [-0.2, 0) is 16.0 Å². The van der Waals surface area contributed by atoms with Gasteiger partial charge in [-0.05, 0) is 43.2 Å². The first-order valence-corrected chi connectivity index (χ1v) is 11.1. The Balaban J connectivity index is 2.23. The molecule has 1 aromatic heterocycles. The van der Waals surface area contributed by atoms with Gasteiger partial charge in [-0.15, -0.1) is 36.3 Å². The largest absolute Gasteiger partial charge is 0.573 e. The molecule has 1 heterocycles. The SMILES string of the molecule is CCc1cc(C(=O)c2ccc(OC(F)(F)F)cc2)c(NC(=O)C(CC)SCC(=O)O)s1. The van der Waals surface area contributed by atoms with Crippen LogP contribution in [0.5, 0.6) is 5.75 Å². The van der Waals surface area contributed by atoms with Crippen molar-refractivity contribution in [2.45, 2.75) is 38.3 Å². The molecular formula is C20H20F3NO5S2. The fourth-order valence-electron chi connectivity index (χ4n) is 2.58. The van der Waals surface area contributed by atoms with Gasteiger partial charge in [-0.3, -0.25) is 14.4 Å². The number of amides is 1. The Kier molecular flexibility index (Phi) is 8.52. The average molecular weight is 476 g/mol. The number of ketones is 1. The third-order valence-electron chi connectivity index (χ3n) is 4.03. The lowest BCUT2D eigenvalue weighted by atomic mass is 10.0. The minimum Gasteiger partial charge on any atom is -0.481 e. The average Bonchev–Trinajstić information content (AvgIpc) is 3.10. The number of carbonyl (C=O) groups is 3. The summed E-state index contributed by atoms with van der Waals surface area (Å²) in [6, 6.07) is 6.16. The zero-order valence-electron chi connectivity index (χ0n) is 16.6. The Bertz CT molecular complexity index is 941. The molecule has 0 aliphatic heterocycles. The number of halogens is 3. The summed E-state index contributed by atoms with van der Waals surface area (Å²) in [7, 11) is 0. The number of nitrogens with one attached hydrogen (secondary N) is 1. The van der Waals surface area contributed by atoms with Crippen LogP contribution in [0.3, 0.4) is 0 Å². The highest BCUT2D eigenvalue weighted by atomic mass is 32.2. The summed E-state index contributed by atoms with van der Waals surface area (Å²) in [6.45, 7) is 3.63. The van der Waals surface area contributed by atoms with E-state index in [0.717, 1.165) is 28.8 Å². The van der Waals surface area contributed by atoms with E-state index in [-0.39, 0.29) is 16.9 Å². The molecule has 168 valence electrons. The van der Waals surface area contributed by atoms with Gasteiger partial charge in [-0.25, -0.2) is 0 Å². The van der Waals surface area contributed by atoms with Gasteiger partial charge in [0.25, 0.3) is 0 Å². The second-order valence-electron chi connectivity index (χ2n) is 6.30. The van der Waals surface area contributed by atoms with Crippen LogP contribution in [0.25, 0.3) is 0 Å². The lowest BCUT2D eigenvalue weighted by Crippen LogP contribution is -2.26. The number of thioether (sulfide) groups is 1. The molecule has 1 aromatic carbocycles. The molecule has 0 aliphatic rings. The second kappa shape index (κ2) is 10.7. The van der Waals surface area contributed by atoms with E-state index in [1.807, 2.05) is 6.92 Å². The molecule has 0 aliphatic carbocycles. The van der Waals surface area contributed by atoms with Gasteiger partial charge in [-0.2, -0.15) is 0 Å². The molecule has 31 heavy (non-hydrogen) atoms. The van der Waals surface area contributed by atoms with Crippen molar-refractivity contribution in [1.29, 1.82) is 0 Å². The number of aryl methyl sites for hydroxylation is 1. The smallest absolute Gasteiger partial charge is 0.481 e. The predicted octanol–water partition coefficient (Wildman–Crippen LogP) is 4.98. The second-order valence-corrected chi connectivity index (χ2v) is 8.63. The van der Waals surface area contributed by atoms with E-state index in [9.17, 15) is 27.6 Å². The molecule has 1 atom stereocenters. The number of hydrogen-bond donors (Lipinski definition) is 2. The molecule has 2 N–H and O–H groups in total. The van der Waals surface area contributed by atoms with Crippen molar-refractivity contribution >= 4 is 45.8 Å².